The topological polar surface area (TPSA) is 131 Å². The summed E-state index contributed by atoms with van der Waals surface area (Å²) in [6.07, 6.45) is 3.64. The number of carbonyl (C=O) groups excluding carboxylic acids is 2. The smallest absolute Gasteiger partial charge is 0.327 e. The van der Waals surface area contributed by atoms with Crippen LogP contribution in [0.25, 0.3) is 0 Å². The van der Waals surface area contributed by atoms with Crippen LogP contribution in [0.3, 0.4) is 0 Å². The highest BCUT2D eigenvalue weighted by Gasteiger charge is 2.22. The molecular formula is C34H45Cl2N7O6. The molecule has 1 aliphatic heterocycles. The predicted octanol–water partition coefficient (Wildman–Crippen LogP) is 6.13. The van der Waals surface area contributed by atoms with Crippen molar-refractivity contribution >= 4 is 63.7 Å². The maximum Gasteiger partial charge on any atom is 0.327 e. The van der Waals surface area contributed by atoms with Gasteiger partial charge in [0, 0.05) is 76.4 Å². The fourth-order valence-electron chi connectivity index (χ4n) is 5.12. The van der Waals surface area contributed by atoms with Gasteiger partial charge in [-0.25, -0.2) is 14.8 Å². The quantitative estimate of drug-likeness (QED) is 0.148. The second-order valence-electron chi connectivity index (χ2n) is 11.3. The maximum atomic E-state index is 13.1. The highest BCUT2D eigenvalue weighted by molar-refractivity contribution is 6.41. The molecule has 0 saturated carbocycles. The summed E-state index contributed by atoms with van der Waals surface area (Å²) in [5.74, 6) is 1.69. The first-order valence-electron chi connectivity index (χ1n) is 16.2. The van der Waals surface area contributed by atoms with E-state index in [2.05, 4.69) is 37.3 Å². The molecule has 1 saturated heterocycles. The van der Waals surface area contributed by atoms with Crippen molar-refractivity contribution in [1.82, 2.24) is 14.9 Å². The number of halogens is 2. The Bertz CT molecular complexity index is 1500. The average Bonchev–Trinajstić information content (AvgIpc) is 3.11. The molecule has 3 aromatic rings. The summed E-state index contributed by atoms with van der Waals surface area (Å²) in [7, 11) is 4.47. The zero-order valence-corrected chi connectivity index (χ0v) is 30.0. The first-order chi connectivity index (χ1) is 23.7. The van der Waals surface area contributed by atoms with E-state index in [1.807, 2.05) is 24.3 Å². The van der Waals surface area contributed by atoms with Crippen LogP contribution in [0, 0.1) is 0 Å². The van der Waals surface area contributed by atoms with Gasteiger partial charge in [-0.1, -0.05) is 30.1 Å². The Morgan fingerprint density at radius 2 is 1.55 bits per heavy atom. The normalized spacial score (nSPS) is 13.2. The van der Waals surface area contributed by atoms with Crippen molar-refractivity contribution in [3.8, 4) is 11.5 Å². The highest BCUT2D eigenvalue weighted by Crippen LogP contribution is 2.44. The van der Waals surface area contributed by atoms with Crippen molar-refractivity contribution in [2.75, 3.05) is 101 Å². The van der Waals surface area contributed by atoms with Gasteiger partial charge in [0.1, 0.15) is 45.3 Å². The van der Waals surface area contributed by atoms with Crippen LogP contribution in [-0.4, -0.2) is 107 Å². The van der Waals surface area contributed by atoms with Crippen molar-refractivity contribution in [1.29, 1.82) is 0 Å². The summed E-state index contributed by atoms with van der Waals surface area (Å²) in [6.45, 7) is 8.39. The molecule has 13 nitrogen and oxygen atoms in total. The average molecular weight is 719 g/mol. The van der Waals surface area contributed by atoms with Crippen LogP contribution in [0.5, 0.6) is 11.5 Å². The van der Waals surface area contributed by atoms with Crippen LogP contribution in [0.15, 0.2) is 42.7 Å². The van der Waals surface area contributed by atoms with Crippen LogP contribution in [0.2, 0.25) is 10.0 Å². The number of ketones is 1. The molecule has 1 fully saturated rings. The summed E-state index contributed by atoms with van der Waals surface area (Å²) in [6, 6.07) is 10.7. The predicted molar refractivity (Wildman–Crippen MR) is 194 cm³/mol. The molecule has 49 heavy (non-hydrogen) atoms. The lowest BCUT2D eigenvalue weighted by Gasteiger charge is -2.35. The minimum absolute atomic E-state index is 0.137. The molecule has 0 spiro atoms. The summed E-state index contributed by atoms with van der Waals surface area (Å²) >= 11 is 12.8. The molecule has 266 valence electrons. The first-order valence-corrected chi connectivity index (χ1v) is 17.0. The van der Waals surface area contributed by atoms with Crippen molar-refractivity contribution in [3.63, 3.8) is 0 Å². The van der Waals surface area contributed by atoms with Gasteiger partial charge in [-0.05, 0) is 37.1 Å². The SMILES string of the molecule is CCCOCCOCCCC(=O)CN1CCN(c2ccc(Nc3cc(N(C)C(=O)Nc4c(Cl)c(OC)cc(OC)c4Cl)ncn3)cc2)CC1. The third-order valence-corrected chi connectivity index (χ3v) is 8.60. The lowest BCUT2D eigenvalue weighted by Crippen LogP contribution is -2.48. The number of ether oxygens (including phenoxy) is 4. The number of piperazine rings is 1. The van der Waals surface area contributed by atoms with E-state index >= 15 is 0 Å². The molecule has 4 rings (SSSR count). The molecule has 15 heteroatoms. The second-order valence-corrected chi connectivity index (χ2v) is 12.1. The zero-order valence-electron chi connectivity index (χ0n) is 28.5. The Morgan fingerprint density at radius 3 is 2.18 bits per heavy atom. The Balaban J connectivity index is 1.24. The number of Topliss-reactive ketones (excluding diaryl/α,β-unsaturated/α-hetero) is 1. The zero-order chi connectivity index (χ0) is 35.2. The molecule has 2 N–H and O–H groups in total. The van der Waals surface area contributed by atoms with Gasteiger partial charge in [0.2, 0.25) is 0 Å². The first kappa shape index (κ1) is 37.9. The number of anilines is 5. The number of urea groups is 1. The van der Waals surface area contributed by atoms with E-state index in [0.717, 1.165) is 57.0 Å². The van der Waals surface area contributed by atoms with Crippen LogP contribution < -0.4 is 29.9 Å². The number of carbonyl (C=O) groups is 2. The molecule has 0 aliphatic carbocycles. The van der Waals surface area contributed by atoms with E-state index in [-0.39, 0.29) is 21.5 Å². The van der Waals surface area contributed by atoms with E-state index < -0.39 is 6.03 Å². The monoisotopic (exact) mass is 717 g/mol. The molecule has 1 aromatic heterocycles. The third-order valence-electron chi connectivity index (χ3n) is 7.85. The standard InChI is InChI=1S/C34H45Cl2N7O6/c1-5-16-48-18-19-49-17-6-7-26(44)22-42-12-14-43(15-13-42)25-10-8-24(9-11-25)39-29-21-30(38-23-37-29)41(2)34(45)40-33-31(35)27(46-3)20-28(47-4)32(33)36/h8-11,20-21,23H,5-7,12-19,22H2,1-4H3,(H,40,45)(H,37,38,39). The number of aromatic nitrogens is 2. The van der Waals surface area contributed by atoms with E-state index in [1.54, 1.807) is 13.1 Å². The molecule has 0 radical (unpaired) electrons. The number of hydrogen-bond donors (Lipinski definition) is 2. The largest absolute Gasteiger partial charge is 0.495 e. The van der Waals surface area contributed by atoms with Crippen LogP contribution in [0.4, 0.5) is 33.5 Å². The molecule has 0 bridgehead atoms. The lowest BCUT2D eigenvalue weighted by atomic mass is 10.2. The van der Waals surface area contributed by atoms with Crippen molar-refractivity contribution < 1.29 is 28.5 Å². The second kappa shape index (κ2) is 19.3. The van der Waals surface area contributed by atoms with Crippen LogP contribution in [0.1, 0.15) is 26.2 Å². The number of nitrogens with zero attached hydrogens (tertiary/aromatic N) is 5. The molecule has 2 aromatic carbocycles. The summed E-state index contributed by atoms with van der Waals surface area (Å²) < 4.78 is 21.5. The minimum atomic E-state index is -0.536. The fraction of sp³-hybridized carbons (Fsp3) is 0.471. The van der Waals surface area contributed by atoms with Gasteiger partial charge in [-0.3, -0.25) is 14.6 Å². The van der Waals surface area contributed by atoms with Crippen molar-refractivity contribution in [2.45, 2.75) is 26.2 Å². The maximum absolute atomic E-state index is 13.1. The number of hydrogen-bond acceptors (Lipinski definition) is 11. The van der Waals surface area contributed by atoms with Crippen molar-refractivity contribution in [3.05, 3.63) is 52.8 Å². The Morgan fingerprint density at radius 1 is 0.898 bits per heavy atom. The van der Waals surface area contributed by atoms with Crippen molar-refractivity contribution in [2.24, 2.45) is 0 Å². The van der Waals surface area contributed by atoms with Gasteiger partial charge in [0.15, 0.2) is 0 Å². The lowest BCUT2D eigenvalue weighted by molar-refractivity contribution is -0.120. The number of benzene rings is 2. The molecule has 2 amide bonds. The van der Waals surface area contributed by atoms with Gasteiger partial charge in [0.05, 0.1) is 39.7 Å². The third kappa shape index (κ3) is 11.1. The molecule has 0 atom stereocenters. The number of rotatable bonds is 18. The molecule has 1 aliphatic rings. The van der Waals surface area contributed by atoms with Gasteiger partial charge in [-0.2, -0.15) is 0 Å². The van der Waals surface area contributed by atoms with E-state index in [1.165, 1.54) is 31.5 Å². The van der Waals surface area contributed by atoms with Gasteiger partial charge < -0.3 is 34.5 Å². The van der Waals surface area contributed by atoms with Gasteiger partial charge >= 0.3 is 6.03 Å². The van der Waals surface area contributed by atoms with E-state index in [4.69, 9.17) is 42.1 Å². The summed E-state index contributed by atoms with van der Waals surface area (Å²) in [5.41, 5.74) is 2.08. The Kier molecular flexibility index (Phi) is 15.0. The minimum Gasteiger partial charge on any atom is -0.495 e. The molecule has 2 heterocycles. The molecule has 0 unspecified atom stereocenters. The highest BCUT2D eigenvalue weighted by atomic mass is 35.5. The summed E-state index contributed by atoms with van der Waals surface area (Å²) in [5, 5.41) is 6.25. The van der Waals surface area contributed by atoms with Gasteiger partial charge in [-0.15, -0.1) is 0 Å². The van der Waals surface area contributed by atoms with Gasteiger partial charge in [0.25, 0.3) is 0 Å². The Hall–Kier alpha value is -3.88. The fourth-order valence-corrected chi connectivity index (χ4v) is 5.72. The number of methoxy groups -OCH3 is 2. The van der Waals surface area contributed by atoms with E-state index in [9.17, 15) is 9.59 Å². The number of nitrogens with one attached hydrogen (secondary N) is 2. The van der Waals surface area contributed by atoms with E-state index in [0.29, 0.717) is 55.9 Å². The number of amides is 2. The Labute approximate surface area is 297 Å². The van der Waals surface area contributed by atoms with Crippen LogP contribution >= 0.6 is 23.2 Å². The summed E-state index contributed by atoms with van der Waals surface area (Å²) in [4.78, 5) is 40.0. The van der Waals surface area contributed by atoms with Crippen LogP contribution in [-0.2, 0) is 14.3 Å². The molecular weight excluding hydrogens is 673 g/mol.